The molecule has 0 saturated carbocycles. The highest BCUT2D eigenvalue weighted by Gasteiger charge is 2.24. The van der Waals surface area contributed by atoms with Crippen LogP contribution in [0.5, 0.6) is 11.5 Å². The van der Waals surface area contributed by atoms with Crippen molar-refractivity contribution in [1.29, 1.82) is 0 Å². The molecule has 0 spiro atoms. The molecule has 1 amide bonds. The molecule has 0 fully saturated rings. The molecule has 4 heteroatoms. The largest absolute Gasteiger partial charge is 0.497 e. The third-order valence-corrected chi connectivity index (χ3v) is 3.81. The van der Waals surface area contributed by atoms with Crippen molar-refractivity contribution in [2.24, 2.45) is 0 Å². The quantitative estimate of drug-likeness (QED) is 0.923. The predicted octanol–water partition coefficient (Wildman–Crippen LogP) is 2.88. The maximum atomic E-state index is 12.1. The Morgan fingerprint density at radius 3 is 3.00 bits per heavy atom. The molecule has 0 saturated heterocycles. The van der Waals surface area contributed by atoms with Crippen LogP contribution in [-0.4, -0.2) is 19.6 Å². The SMILES string of the molecule is COc1cccc(CCC(=O)NC2COc3ccccc32)c1. The van der Waals surface area contributed by atoms with Gasteiger partial charge in [0.25, 0.3) is 0 Å². The molecule has 114 valence electrons. The number of aryl methyl sites for hydroxylation is 1. The van der Waals surface area contributed by atoms with E-state index in [0.717, 1.165) is 22.6 Å². The van der Waals surface area contributed by atoms with Crippen molar-refractivity contribution in [3.05, 3.63) is 59.7 Å². The molecular weight excluding hydrogens is 278 g/mol. The Balaban J connectivity index is 1.55. The molecule has 4 nitrogen and oxygen atoms in total. The fraction of sp³-hybridized carbons (Fsp3) is 0.278. The second kappa shape index (κ2) is 6.52. The van der Waals surface area contributed by atoms with Crippen LogP contribution in [0.3, 0.4) is 0 Å². The Hall–Kier alpha value is -2.49. The first-order valence-electron chi connectivity index (χ1n) is 7.40. The van der Waals surface area contributed by atoms with Crippen LogP contribution in [-0.2, 0) is 11.2 Å². The minimum atomic E-state index is -0.0472. The maximum absolute atomic E-state index is 12.1. The summed E-state index contributed by atoms with van der Waals surface area (Å²) in [5, 5.41) is 3.04. The first kappa shape index (κ1) is 14.4. The molecule has 1 N–H and O–H groups in total. The summed E-state index contributed by atoms with van der Waals surface area (Å²) in [7, 11) is 1.64. The van der Waals surface area contributed by atoms with Gasteiger partial charge in [0.15, 0.2) is 0 Å². The van der Waals surface area contributed by atoms with Crippen molar-refractivity contribution >= 4 is 5.91 Å². The predicted molar refractivity (Wildman–Crippen MR) is 84.1 cm³/mol. The lowest BCUT2D eigenvalue weighted by Gasteiger charge is -2.12. The molecule has 1 atom stereocenters. The van der Waals surface area contributed by atoms with Gasteiger partial charge in [-0.1, -0.05) is 30.3 Å². The molecule has 1 unspecified atom stereocenters. The third kappa shape index (κ3) is 3.22. The molecule has 22 heavy (non-hydrogen) atoms. The number of methoxy groups -OCH3 is 1. The van der Waals surface area contributed by atoms with Gasteiger partial charge in [-0.05, 0) is 30.2 Å². The number of benzene rings is 2. The lowest BCUT2D eigenvalue weighted by Crippen LogP contribution is -2.29. The Morgan fingerprint density at radius 1 is 1.27 bits per heavy atom. The summed E-state index contributed by atoms with van der Waals surface area (Å²) in [4.78, 5) is 12.1. The van der Waals surface area contributed by atoms with E-state index in [2.05, 4.69) is 5.32 Å². The van der Waals surface area contributed by atoms with E-state index >= 15 is 0 Å². The minimum absolute atomic E-state index is 0.0353. The van der Waals surface area contributed by atoms with Gasteiger partial charge in [-0.2, -0.15) is 0 Å². The molecule has 3 rings (SSSR count). The number of rotatable bonds is 5. The average Bonchev–Trinajstić information content (AvgIpc) is 2.96. The van der Waals surface area contributed by atoms with Crippen molar-refractivity contribution in [2.75, 3.05) is 13.7 Å². The number of amides is 1. The van der Waals surface area contributed by atoms with Gasteiger partial charge in [-0.25, -0.2) is 0 Å². The van der Waals surface area contributed by atoms with Gasteiger partial charge in [0.05, 0.1) is 13.2 Å². The van der Waals surface area contributed by atoms with E-state index in [1.54, 1.807) is 7.11 Å². The highest BCUT2D eigenvalue weighted by Crippen LogP contribution is 2.31. The van der Waals surface area contributed by atoms with E-state index in [9.17, 15) is 4.79 Å². The van der Waals surface area contributed by atoms with Crippen LogP contribution in [0.25, 0.3) is 0 Å². The van der Waals surface area contributed by atoms with Crippen LogP contribution < -0.4 is 14.8 Å². The number of fused-ring (bicyclic) bond motifs is 1. The van der Waals surface area contributed by atoms with Gasteiger partial charge < -0.3 is 14.8 Å². The Morgan fingerprint density at radius 2 is 2.14 bits per heavy atom. The maximum Gasteiger partial charge on any atom is 0.220 e. The summed E-state index contributed by atoms with van der Waals surface area (Å²) in [6.45, 7) is 0.504. The summed E-state index contributed by atoms with van der Waals surface area (Å²) in [5.41, 5.74) is 2.15. The van der Waals surface area contributed by atoms with Crippen LogP contribution in [0.15, 0.2) is 48.5 Å². The fourth-order valence-electron chi connectivity index (χ4n) is 2.63. The van der Waals surface area contributed by atoms with Crippen molar-refractivity contribution < 1.29 is 14.3 Å². The van der Waals surface area contributed by atoms with Crippen LogP contribution in [0.4, 0.5) is 0 Å². The topological polar surface area (TPSA) is 47.6 Å². The minimum Gasteiger partial charge on any atom is -0.497 e. The number of carbonyl (C=O) groups excluding carboxylic acids is 1. The first-order valence-corrected chi connectivity index (χ1v) is 7.40. The van der Waals surface area contributed by atoms with Gasteiger partial charge in [0.1, 0.15) is 18.1 Å². The zero-order chi connectivity index (χ0) is 15.4. The normalized spacial score (nSPS) is 15.8. The Kier molecular flexibility index (Phi) is 4.28. The van der Waals surface area contributed by atoms with E-state index in [-0.39, 0.29) is 11.9 Å². The van der Waals surface area contributed by atoms with E-state index < -0.39 is 0 Å². The van der Waals surface area contributed by atoms with E-state index in [0.29, 0.717) is 19.4 Å². The van der Waals surface area contributed by atoms with E-state index in [1.807, 2.05) is 48.5 Å². The van der Waals surface area contributed by atoms with Gasteiger partial charge in [0.2, 0.25) is 5.91 Å². The van der Waals surface area contributed by atoms with Crippen LogP contribution in [0.1, 0.15) is 23.6 Å². The number of carbonyl (C=O) groups is 1. The molecule has 0 aliphatic carbocycles. The summed E-state index contributed by atoms with van der Waals surface area (Å²) in [6.07, 6.45) is 1.14. The second-order valence-corrected chi connectivity index (χ2v) is 5.32. The summed E-state index contributed by atoms with van der Waals surface area (Å²) in [6, 6.07) is 15.6. The molecule has 0 radical (unpaired) electrons. The number of hydrogen-bond acceptors (Lipinski definition) is 3. The first-order chi connectivity index (χ1) is 10.8. The summed E-state index contributed by atoms with van der Waals surface area (Å²) < 4.78 is 10.8. The van der Waals surface area contributed by atoms with Gasteiger partial charge in [0, 0.05) is 12.0 Å². The average molecular weight is 297 g/mol. The van der Waals surface area contributed by atoms with Crippen LogP contribution in [0.2, 0.25) is 0 Å². The highest BCUT2D eigenvalue weighted by atomic mass is 16.5. The summed E-state index contributed by atoms with van der Waals surface area (Å²) >= 11 is 0. The number of nitrogens with one attached hydrogen (secondary N) is 1. The molecule has 2 aromatic rings. The number of ether oxygens (including phenoxy) is 2. The Labute approximate surface area is 130 Å². The monoisotopic (exact) mass is 297 g/mol. The second-order valence-electron chi connectivity index (χ2n) is 5.32. The van der Waals surface area contributed by atoms with Gasteiger partial charge in [-0.15, -0.1) is 0 Å². The van der Waals surface area contributed by atoms with Crippen molar-refractivity contribution in [3.8, 4) is 11.5 Å². The van der Waals surface area contributed by atoms with Crippen molar-refractivity contribution in [3.63, 3.8) is 0 Å². The van der Waals surface area contributed by atoms with Crippen molar-refractivity contribution in [1.82, 2.24) is 5.32 Å². The van der Waals surface area contributed by atoms with Crippen LogP contribution >= 0.6 is 0 Å². The molecule has 2 aromatic carbocycles. The van der Waals surface area contributed by atoms with Crippen LogP contribution in [0, 0.1) is 0 Å². The standard InChI is InChI=1S/C18H19NO3/c1-21-14-6-4-5-13(11-14)9-10-18(20)19-16-12-22-17-8-3-2-7-15(16)17/h2-8,11,16H,9-10,12H2,1H3,(H,19,20). The highest BCUT2D eigenvalue weighted by molar-refractivity contribution is 5.77. The molecule has 1 aliphatic rings. The zero-order valence-corrected chi connectivity index (χ0v) is 12.5. The lowest BCUT2D eigenvalue weighted by atomic mass is 10.1. The van der Waals surface area contributed by atoms with Gasteiger partial charge in [-0.3, -0.25) is 4.79 Å². The fourth-order valence-corrected chi connectivity index (χ4v) is 2.63. The third-order valence-electron chi connectivity index (χ3n) is 3.81. The smallest absolute Gasteiger partial charge is 0.220 e. The molecule has 0 aromatic heterocycles. The molecule has 1 heterocycles. The number of hydrogen-bond donors (Lipinski definition) is 1. The van der Waals surface area contributed by atoms with E-state index in [1.165, 1.54) is 0 Å². The van der Waals surface area contributed by atoms with Crippen molar-refractivity contribution in [2.45, 2.75) is 18.9 Å². The summed E-state index contributed by atoms with van der Waals surface area (Å²) in [5.74, 6) is 1.71. The Bertz CT molecular complexity index is 669. The molecule has 1 aliphatic heterocycles. The number of para-hydroxylation sites is 1. The lowest BCUT2D eigenvalue weighted by molar-refractivity contribution is -0.121. The van der Waals surface area contributed by atoms with Gasteiger partial charge >= 0.3 is 0 Å². The zero-order valence-electron chi connectivity index (χ0n) is 12.5. The molecular formula is C18H19NO3. The molecule has 0 bridgehead atoms. The van der Waals surface area contributed by atoms with E-state index in [4.69, 9.17) is 9.47 Å².